The first-order valence-corrected chi connectivity index (χ1v) is 13.6. The number of rotatable bonds is 2. The number of ketones is 1. The van der Waals surface area contributed by atoms with E-state index in [1.165, 1.54) is 10.8 Å². The molecular formula is C37H22N2O. The van der Waals surface area contributed by atoms with Crippen LogP contribution < -0.4 is 0 Å². The average molecular weight is 511 g/mol. The minimum absolute atomic E-state index is 0.0978. The second-order valence-corrected chi connectivity index (χ2v) is 10.6. The van der Waals surface area contributed by atoms with Gasteiger partial charge in [-0.2, -0.15) is 0 Å². The maximum Gasteiger partial charge on any atom is 0.196 e. The molecule has 1 aliphatic rings. The molecule has 40 heavy (non-hydrogen) atoms. The molecule has 3 nitrogen and oxygen atoms in total. The van der Waals surface area contributed by atoms with E-state index < -0.39 is 0 Å². The summed E-state index contributed by atoms with van der Waals surface area (Å²) in [5.41, 5.74) is 11.3. The first-order chi connectivity index (χ1) is 19.8. The van der Waals surface area contributed by atoms with Gasteiger partial charge in [-0.15, -0.1) is 0 Å². The van der Waals surface area contributed by atoms with Gasteiger partial charge < -0.3 is 9.55 Å². The molecular weight excluding hydrogens is 488 g/mol. The molecule has 0 spiro atoms. The molecule has 1 N–H and O–H groups in total. The topological polar surface area (TPSA) is 37.8 Å². The van der Waals surface area contributed by atoms with Crippen LogP contribution in [0.5, 0.6) is 0 Å². The fraction of sp³-hybridized carbons (Fsp3) is 0. The molecule has 2 heterocycles. The molecule has 0 saturated carbocycles. The summed E-state index contributed by atoms with van der Waals surface area (Å²) in [5, 5.41) is 4.70. The average Bonchev–Trinajstić information content (AvgIpc) is 3.64. The molecule has 186 valence electrons. The SMILES string of the molecule is O=C1c2ccccc2-c2ccc3c4cc(-c5ccc6c(c5)[nH]c5ccccc56)ccc4n(-c4ccccc4)c3c21. The van der Waals surface area contributed by atoms with Crippen molar-refractivity contribution >= 4 is 49.4 Å². The molecule has 0 aliphatic heterocycles. The minimum Gasteiger partial charge on any atom is -0.354 e. The van der Waals surface area contributed by atoms with Crippen LogP contribution in [0.2, 0.25) is 0 Å². The number of nitrogens with one attached hydrogen (secondary N) is 1. The molecule has 0 unspecified atom stereocenters. The van der Waals surface area contributed by atoms with Crippen molar-refractivity contribution in [3.05, 3.63) is 139 Å². The van der Waals surface area contributed by atoms with Crippen molar-refractivity contribution in [1.82, 2.24) is 9.55 Å². The van der Waals surface area contributed by atoms with Gasteiger partial charge in [-0.05, 0) is 58.7 Å². The van der Waals surface area contributed by atoms with Gasteiger partial charge in [-0.1, -0.05) is 91.0 Å². The van der Waals surface area contributed by atoms with Gasteiger partial charge in [0.2, 0.25) is 0 Å². The molecule has 1 aliphatic carbocycles. The van der Waals surface area contributed by atoms with Crippen LogP contribution in [-0.4, -0.2) is 15.3 Å². The van der Waals surface area contributed by atoms with Crippen LogP contribution in [-0.2, 0) is 0 Å². The van der Waals surface area contributed by atoms with Gasteiger partial charge in [0.15, 0.2) is 5.78 Å². The molecule has 0 amide bonds. The van der Waals surface area contributed by atoms with E-state index in [9.17, 15) is 4.79 Å². The van der Waals surface area contributed by atoms with E-state index in [1.54, 1.807) is 0 Å². The molecule has 2 aromatic heterocycles. The lowest BCUT2D eigenvalue weighted by molar-refractivity contribution is 0.104. The number of fused-ring (bicyclic) bond motifs is 10. The van der Waals surface area contributed by atoms with Gasteiger partial charge in [0.1, 0.15) is 0 Å². The zero-order valence-corrected chi connectivity index (χ0v) is 21.5. The Morgan fingerprint density at radius 3 is 2.10 bits per heavy atom. The van der Waals surface area contributed by atoms with Crippen molar-refractivity contribution in [2.24, 2.45) is 0 Å². The maximum absolute atomic E-state index is 13.8. The Balaban J connectivity index is 1.33. The minimum atomic E-state index is 0.0978. The predicted octanol–water partition coefficient (Wildman–Crippen LogP) is 9.30. The van der Waals surface area contributed by atoms with Crippen LogP contribution in [0.15, 0.2) is 127 Å². The van der Waals surface area contributed by atoms with Gasteiger partial charge in [-0.3, -0.25) is 4.79 Å². The third-order valence-corrected chi connectivity index (χ3v) is 8.47. The molecule has 3 heteroatoms. The first-order valence-electron chi connectivity index (χ1n) is 13.6. The number of carbonyl (C=O) groups is 1. The van der Waals surface area contributed by atoms with Gasteiger partial charge in [0.05, 0.1) is 16.6 Å². The van der Waals surface area contributed by atoms with Crippen LogP contribution in [0.25, 0.3) is 71.6 Å². The lowest BCUT2D eigenvalue weighted by Gasteiger charge is -2.10. The molecule has 0 radical (unpaired) electrons. The smallest absolute Gasteiger partial charge is 0.196 e. The Morgan fingerprint density at radius 1 is 0.500 bits per heavy atom. The number of nitrogens with zero attached hydrogens (tertiary/aromatic N) is 1. The van der Waals surface area contributed by atoms with E-state index in [-0.39, 0.29) is 5.78 Å². The molecule has 0 fully saturated rings. The number of benzene rings is 6. The summed E-state index contributed by atoms with van der Waals surface area (Å²) < 4.78 is 2.26. The number of H-pyrrole nitrogens is 1. The summed E-state index contributed by atoms with van der Waals surface area (Å²) in [6, 6.07) is 44.4. The normalized spacial score (nSPS) is 12.6. The highest BCUT2D eigenvalue weighted by Gasteiger charge is 2.31. The van der Waals surface area contributed by atoms with Gasteiger partial charge >= 0.3 is 0 Å². The molecule has 0 atom stereocenters. The number of hydrogen-bond donors (Lipinski definition) is 1. The number of carbonyl (C=O) groups excluding carboxylic acids is 1. The molecule has 0 saturated heterocycles. The molecule has 8 aromatic rings. The van der Waals surface area contributed by atoms with Crippen molar-refractivity contribution < 1.29 is 4.79 Å². The summed E-state index contributed by atoms with van der Waals surface area (Å²) >= 11 is 0. The Bertz CT molecular complexity index is 2340. The fourth-order valence-corrected chi connectivity index (χ4v) is 6.67. The van der Waals surface area contributed by atoms with Crippen LogP contribution in [0.4, 0.5) is 0 Å². The number of para-hydroxylation sites is 2. The van der Waals surface area contributed by atoms with Crippen molar-refractivity contribution in [1.29, 1.82) is 0 Å². The summed E-state index contributed by atoms with van der Waals surface area (Å²) in [5.74, 6) is 0.0978. The van der Waals surface area contributed by atoms with Crippen LogP contribution in [0, 0.1) is 0 Å². The van der Waals surface area contributed by atoms with E-state index in [1.807, 2.05) is 24.3 Å². The summed E-state index contributed by atoms with van der Waals surface area (Å²) in [6.07, 6.45) is 0. The zero-order chi connectivity index (χ0) is 26.4. The number of aromatic amines is 1. The Labute approximate surface area is 229 Å². The van der Waals surface area contributed by atoms with Crippen molar-refractivity contribution in [3.8, 4) is 27.9 Å². The number of aromatic nitrogens is 2. The van der Waals surface area contributed by atoms with Gasteiger partial charge in [0.25, 0.3) is 0 Å². The highest BCUT2D eigenvalue weighted by molar-refractivity contribution is 6.29. The second-order valence-electron chi connectivity index (χ2n) is 10.6. The van der Waals surface area contributed by atoms with E-state index in [4.69, 9.17) is 0 Å². The van der Waals surface area contributed by atoms with Crippen molar-refractivity contribution in [2.45, 2.75) is 0 Å². The standard InChI is InChI=1S/C37H22N2O/c40-37-30-12-5-4-10-25(30)28-17-18-29-31-20-22(23-14-16-27-26-11-6-7-13-32(26)38-33(27)21-23)15-19-34(31)39(36(29)35(28)37)24-8-2-1-3-9-24/h1-21,38H. The predicted molar refractivity (Wildman–Crippen MR) is 164 cm³/mol. The van der Waals surface area contributed by atoms with Gasteiger partial charge in [-0.25, -0.2) is 0 Å². The van der Waals surface area contributed by atoms with E-state index in [0.29, 0.717) is 0 Å². The van der Waals surface area contributed by atoms with E-state index in [2.05, 4.69) is 113 Å². The molecule has 0 bridgehead atoms. The second kappa shape index (κ2) is 7.81. The van der Waals surface area contributed by atoms with Crippen LogP contribution in [0.1, 0.15) is 15.9 Å². The lowest BCUT2D eigenvalue weighted by Crippen LogP contribution is -2.01. The van der Waals surface area contributed by atoms with Gasteiger partial charge in [0, 0.05) is 43.8 Å². The van der Waals surface area contributed by atoms with Crippen LogP contribution in [0.3, 0.4) is 0 Å². The highest BCUT2D eigenvalue weighted by atomic mass is 16.1. The molecule has 6 aromatic carbocycles. The number of hydrogen-bond acceptors (Lipinski definition) is 1. The molecule has 9 rings (SSSR count). The first kappa shape index (κ1) is 21.5. The summed E-state index contributed by atoms with van der Waals surface area (Å²) in [4.78, 5) is 17.4. The third-order valence-electron chi connectivity index (χ3n) is 8.47. The fourth-order valence-electron chi connectivity index (χ4n) is 6.67. The van der Waals surface area contributed by atoms with Crippen molar-refractivity contribution in [3.63, 3.8) is 0 Å². The maximum atomic E-state index is 13.8. The lowest BCUT2D eigenvalue weighted by atomic mass is 9.99. The van der Waals surface area contributed by atoms with Crippen molar-refractivity contribution in [2.75, 3.05) is 0 Å². The van der Waals surface area contributed by atoms with E-state index >= 15 is 0 Å². The summed E-state index contributed by atoms with van der Waals surface area (Å²) in [6.45, 7) is 0. The quantitative estimate of drug-likeness (QED) is 0.247. The Kier molecular flexibility index (Phi) is 4.20. The Hall–Kier alpha value is -5.41. The zero-order valence-electron chi connectivity index (χ0n) is 21.5. The highest BCUT2D eigenvalue weighted by Crippen LogP contribution is 2.44. The largest absolute Gasteiger partial charge is 0.354 e. The summed E-state index contributed by atoms with van der Waals surface area (Å²) in [7, 11) is 0. The van der Waals surface area contributed by atoms with Crippen LogP contribution >= 0.6 is 0 Å². The van der Waals surface area contributed by atoms with E-state index in [0.717, 1.165) is 71.9 Å². The Morgan fingerprint density at radius 2 is 1.20 bits per heavy atom. The monoisotopic (exact) mass is 510 g/mol. The third kappa shape index (κ3) is 2.81.